The number of urea groups is 1. The molecule has 1 aromatic rings. The summed E-state index contributed by atoms with van der Waals surface area (Å²) in [5.74, 6) is -1.10. The molecule has 1 unspecified atom stereocenters. The first kappa shape index (κ1) is 14.8. The minimum Gasteiger partial charge on any atom is -0.449 e. The number of ether oxygens (including phenoxy) is 1. The number of hydrogen-bond acceptors (Lipinski definition) is 4. The van der Waals surface area contributed by atoms with Gasteiger partial charge in [0.05, 0.1) is 5.56 Å². The van der Waals surface area contributed by atoms with E-state index in [2.05, 4.69) is 27.9 Å². The summed E-state index contributed by atoms with van der Waals surface area (Å²) in [6.07, 6.45) is -0.995. The third-order valence-electron chi connectivity index (χ3n) is 2.83. The van der Waals surface area contributed by atoms with Crippen molar-refractivity contribution in [2.45, 2.75) is 13.0 Å². The maximum Gasteiger partial charge on any atom is 0.338 e. The largest absolute Gasteiger partial charge is 0.449 e. The Balaban J connectivity index is 1.98. The van der Waals surface area contributed by atoms with Gasteiger partial charge >= 0.3 is 12.0 Å². The minimum absolute atomic E-state index is 0.295. The fourth-order valence-corrected chi connectivity index (χ4v) is 2.13. The van der Waals surface area contributed by atoms with Crippen LogP contribution in [0.3, 0.4) is 0 Å². The van der Waals surface area contributed by atoms with E-state index in [-0.39, 0.29) is 0 Å². The molecule has 0 spiro atoms. The topological polar surface area (TPSA) is 75.7 Å². The van der Waals surface area contributed by atoms with Gasteiger partial charge in [0.2, 0.25) is 0 Å². The maximum atomic E-state index is 12.0. The molecule has 0 saturated carbocycles. The van der Waals surface area contributed by atoms with E-state index in [1.807, 2.05) is 0 Å². The second-order valence-corrected chi connectivity index (χ2v) is 5.52. The van der Waals surface area contributed by atoms with Crippen LogP contribution in [0.5, 0.6) is 0 Å². The van der Waals surface area contributed by atoms with Crippen LogP contribution < -0.4 is 5.32 Å². The molecule has 3 amide bonds. The number of esters is 1. The Morgan fingerprint density at radius 2 is 2.00 bits per heavy atom. The van der Waals surface area contributed by atoms with E-state index in [9.17, 15) is 14.4 Å². The van der Waals surface area contributed by atoms with E-state index in [4.69, 9.17) is 4.74 Å². The van der Waals surface area contributed by atoms with Crippen LogP contribution in [0.25, 0.3) is 0 Å². The zero-order valence-electron chi connectivity index (χ0n) is 10.8. The number of rotatable bonds is 3. The summed E-state index contributed by atoms with van der Waals surface area (Å²) in [5.41, 5.74) is 0.371. The van der Waals surface area contributed by atoms with Crippen LogP contribution in [0.15, 0.2) is 24.3 Å². The first-order valence-corrected chi connectivity index (χ1v) is 7.12. The van der Waals surface area contributed by atoms with E-state index < -0.39 is 24.0 Å². The van der Waals surface area contributed by atoms with Gasteiger partial charge in [-0.2, -0.15) is 0 Å². The highest BCUT2D eigenvalue weighted by molar-refractivity contribution is 14.1. The van der Waals surface area contributed by atoms with Gasteiger partial charge in [-0.1, -0.05) is 0 Å². The van der Waals surface area contributed by atoms with Gasteiger partial charge < -0.3 is 10.1 Å². The summed E-state index contributed by atoms with van der Waals surface area (Å²) in [7, 11) is 0. The summed E-state index contributed by atoms with van der Waals surface area (Å²) in [6.45, 7) is 2.17. The van der Waals surface area contributed by atoms with Crippen LogP contribution in [0, 0.1) is 3.57 Å². The van der Waals surface area contributed by atoms with Gasteiger partial charge in [-0.15, -0.1) is 0 Å². The summed E-state index contributed by atoms with van der Waals surface area (Å²) in [6, 6.07) is 6.36. The highest BCUT2D eigenvalue weighted by Gasteiger charge is 2.31. The van der Waals surface area contributed by atoms with Crippen molar-refractivity contribution in [2.75, 3.05) is 13.1 Å². The fraction of sp³-hybridized carbons (Fsp3) is 0.308. The zero-order valence-corrected chi connectivity index (χ0v) is 12.9. The predicted molar refractivity (Wildman–Crippen MR) is 79.1 cm³/mol. The van der Waals surface area contributed by atoms with Crippen LogP contribution in [-0.2, 0) is 9.53 Å². The van der Waals surface area contributed by atoms with Crippen molar-refractivity contribution in [1.82, 2.24) is 10.2 Å². The Hall–Kier alpha value is -1.64. The number of amides is 3. The van der Waals surface area contributed by atoms with Crippen molar-refractivity contribution in [3.05, 3.63) is 33.4 Å². The molecule has 1 aliphatic heterocycles. The molecular weight excluding hydrogens is 375 g/mol. The minimum atomic E-state index is -0.995. The molecule has 0 aromatic heterocycles. The number of imide groups is 1. The molecule has 1 N–H and O–H groups in total. The number of nitrogens with zero attached hydrogens (tertiary/aromatic N) is 1. The van der Waals surface area contributed by atoms with E-state index in [1.165, 1.54) is 6.92 Å². The molecule has 1 atom stereocenters. The van der Waals surface area contributed by atoms with Gasteiger partial charge in [0.25, 0.3) is 5.91 Å². The van der Waals surface area contributed by atoms with Crippen LogP contribution in [0.1, 0.15) is 17.3 Å². The number of benzene rings is 1. The van der Waals surface area contributed by atoms with Gasteiger partial charge in [-0.25, -0.2) is 9.59 Å². The van der Waals surface area contributed by atoms with Crippen molar-refractivity contribution in [2.24, 2.45) is 0 Å². The van der Waals surface area contributed by atoms with E-state index >= 15 is 0 Å². The van der Waals surface area contributed by atoms with Crippen molar-refractivity contribution in [3.63, 3.8) is 0 Å². The summed E-state index contributed by atoms with van der Waals surface area (Å²) < 4.78 is 6.08. The second kappa shape index (κ2) is 6.21. The lowest BCUT2D eigenvalue weighted by molar-refractivity contribution is -0.136. The molecule has 6 nitrogen and oxygen atoms in total. The lowest BCUT2D eigenvalue weighted by Gasteiger charge is -2.18. The van der Waals surface area contributed by atoms with Crippen LogP contribution in [0.4, 0.5) is 4.79 Å². The molecular formula is C13H13IN2O4. The molecule has 1 saturated heterocycles. The lowest BCUT2D eigenvalue weighted by Crippen LogP contribution is -2.41. The molecule has 0 bridgehead atoms. The maximum absolute atomic E-state index is 12.0. The number of halogens is 1. The van der Waals surface area contributed by atoms with E-state index in [0.717, 1.165) is 8.47 Å². The normalized spacial score (nSPS) is 15.7. The summed E-state index contributed by atoms with van der Waals surface area (Å²) >= 11 is 2.13. The first-order chi connectivity index (χ1) is 9.49. The first-order valence-electron chi connectivity index (χ1n) is 6.05. The number of carbonyl (C=O) groups is 3. The molecule has 1 heterocycles. The SMILES string of the molecule is CC(OC(=O)c1ccc(I)cc1)C(=O)N1CCNC1=O. The third-order valence-corrected chi connectivity index (χ3v) is 3.55. The molecule has 1 aliphatic rings. The second-order valence-electron chi connectivity index (χ2n) is 4.28. The smallest absolute Gasteiger partial charge is 0.338 e. The zero-order chi connectivity index (χ0) is 14.7. The predicted octanol–water partition coefficient (Wildman–Crippen LogP) is 1.39. The molecule has 106 valence electrons. The van der Waals surface area contributed by atoms with Crippen LogP contribution in [0.2, 0.25) is 0 Å². The Labute approximate surface area is 129 Å². The standard InChI is InChI=1S/C13H13IN2O4/c1-8(11(17)16-7-6-15-13(16)19)20-12(18)9-2-4-10(14)5-3-9/h2-5,8H,6-7H2,1H3,(H,15,19). The van der Waals surface area contributed by atoms with Crippen LogP contribution in [-0.4, -0.2) is 42.0 Å². The van der Waals surface area contributed by atoms with Crippen molar-refractivity contribution in [3.8, 4) is 0 Å². The van der Waals surface area contributed by atoms with Gasteiger partial charge in [-0.3, -0.25) is 9.69 Å². The lowest BCUT2D eigenvalue weighted by atomic mass is 10.2. The molecule has 0 aliphatic carbocycles. The Morgan fingerprint density at radius 1 is 1.35 bits per heavy atom. The molecule has 7 heteroatoms. The molecule has 1 aromatic carbocycles. The molecule has 0 radical (unpaired) electrons. The highest BCUT2D eigenvalue weighted by Crippen LogP contribution is 2.10. The fourth-order valence-electron chi connectivity index (χ4n) is 1.77. The van der Waals surface area contributed by atoms with Crippen molar-refractivity contribution >= 4 is 40.5 Å². The number of carbonyl (C=O) groups excluding carboxylic acids is 3. The van der Waals surface area contributed by atoms with Gasteiger partial charge in [-0.05, 0) is 53.8 Å². The van der Waals surface area contributed by atoms with Gasteiger partial charge in [0.15, 0.2) is 6.10 Å². The van der Waals surface area contributed by atoms with Crippen molar-refractivity contribution < 1.29 is 19.1 Å². The monoisotopic (exact) mass is 388 g/mol. The molecule has 20 heavy (non-hydrogen) atoms. The summed E-state index contributed by atoms with van der Waals surface area (Å²) in [4.78, 5) is 36.2. The average Bonchev–Trinajstić information content (AvgIpc) is 2.84. The summed E-state index contributed by atoms with van der Waals surface area (Å²) in [5, 5.41) is 2.52. The van der Waals surface area contributed by atoms with Crippen molar-refractivity contribution in [1.29, 1.82) is 0 Å². The third kappa shape index (κ3) is 3.27. The Bertz CT molecular complexity index is 544. The van der Waals surface area contributed by atoms with Gasteiger partial charge in [0, 0.05) is 16.7 Å². The Kier molecular flexibility index (Phi) is 4.58. The Morgan fingerprint density at radius 3 is 2.55 bits per heavy atom. The van der Waals surface area contributed by atoms with Crippen LogP contribution >= 0.6 is 22.6 Å². The highest BCUT2D eigenvalue weighted by atomic mass is 127. The molecule has 2 rings (SSSR count). The number of hydrogen-bond donors (Lipinski definition) is 1. The molecule has 1 fully saturated rings. The average molecular weight is 388 g/mol. The number of nitrogens with one attached hydrogen (secondary N) is 1. The van der Waals surface area contributed by atoms with E-state index in [0.29, 0.717) is 18.7 Å². The van der Waals surface area contributed by atoms with Gasteiger partial charge in [0.1, 0.15) is 0 Å². The quantitative estimate of drug-likeness (QED) is 0.628. The van der Waals surface area contributed by atoms with E-state index in [1.54, 1.807) is 24.3 Å².